The molecule has 1 atom stereocenters. The summed E-state index contributed by atoms with van der Waals surface area (Å²) in [6, 6.07) is 3.91. The van der Waals surface area contributed by atoms with Crippen LogP contribution in [0.15, 0.2) is 21.1 Å². The van der Waals surface area contributed by atoms with E-state index in [1.54, 1.807) is 0 Å². The Morgan fingerprint density at radius 3 is 2.73 bits per heavy atom. The van der Waals surface area contributed by atoms with Gasteiger partial charge in [0.15, 0.2) is 0 Å². The second-order valence-electron chi connectivity index (χ2n) is 3.22. The molecule has 0 aliphatic carbocycles. The summed E-state index contributed by atoms with van der Waals surface area (Å²) >= 11 is 12.4. The summed E-state index contributed by atoms with van der Waals surface area (Å²) in [5.41, 5.74) is 2.08. The molecule has 5 heteroatoms. The fraction of sp³-hybridized carbons (Fsp3) is 0.400. The predicted molar refractivity (Wildman–Crippen MR) is 71.8 cm³/mol. The van der Waals surface area contributed by atoms with Crippen LogP contribution in [0.25, 0.3) is 0 Å². The molecule has 1 aromatic carbocycles. The van der Waals surface area contributed by atoms with Crippen molar-refractivity contribution >= 4 is 49.1 Å². The largest absolute Gasteiger partial charge is 0.390 e. The van der Waals surface area contributed by atoms with Crippen LogP contribution in [-0.4, -0.2) is 23.6 Å². The van der Waals surface area contributed by atoms with Gasteiger partial charge in [0.05, 0.1) is 12.0 Å². The minimum Gasteiger partial charge on any atom is -0.390 e. The molecule has 0 spiro atoms. The van der Waals surface area contributed by atoms with Gasteiger partial charge in [0.1, 0.15) is 0 Å². The number of anilines is 1. The van der Waals surface area contributed by atoms with Crippen LogP contribution in [0.2, 0.25) is 0 Å². The number of benzene rings is 1. The van der Waals surface area contributed by atoms with Crippen LogP contribution in [0.1, 0.15) is 5.56 Å². The lowest BCUT2D eigenvalue weighted by atomic mass is 10.2. The maximum Gasteiger partial charge on any atom is 0.0847 e. The van der Waals surface area contributed by atoms with E-state index in [9.17, 15) is 5.11 Å². The van der Waals surface area contributed by atoms with Crippen molar-refractivity contribution in [3.8, 4) is 0 Å². The van der Waals surface area contributed by atoms with Crippen LogP contribution in [0.5, 0.6) is 0 Å². The van der Waals surface area contributed by atoms with Gasteiger partial charge in [-0.25, -0.2) is 0 Å². The lowest BCUT2D eigenvalue weighted by molar-refractivity contribution is 0.211. The second kappa shape index (κ2) is 6.09. The summed E-state index contributed by atoms with van der Waals surface area (Å²) in [5, 5.41) is 12.4. The Labute approximate surface area is 111 Å². The Hall–Kier alpha value is 0.230. The molecule has 84 valence electrons. The highest BCUT2D eigenvalue weighted by Crippen LogP contribution is 2.31. The van der Waals surface area contributed by atoms with Gasteiger partial charge in [-0.05, 0) is 40.5 Å². The van der Waals surface area contributed by atoms with E-state index in [4.69, 9.17) is 11.6 Å². The monoisotopic (exact) mass is 355 g/mol. The van der Waals surface area contributed by atoms with Crippen molar-refractivity contribution in [2.75, 3.05) is 17.7 Å². The minimum absolute atomic E-state index is 0.236. The highest BCUT2D eigenvalue weighted by atomic mass is 79.9. The van der Waals surface area contributed by atoms with E-state index >= 15 is 0 Å². The zero-order chi connectivity index (χ0) is 11.4. The molecule has 15 heavy (non-hydrogen) atoms. The molecule has 1 unspecified atom stereocenters. The molecule has 0 radical (unpaired) electrons. The van der Waals surface area contributed by atoms with Crippen LogP contribution in [-0.2, 0) is 0 Å². The maximum absolute atomic E-state index is 9.32. The first-order valence-corrected chi connectivity index (χ1v) is 6.60. The number of rotatable bonds is 4. The van der Waals surface area contributed by atoms with E-state index in [-0.39, 0.29) is 5.88 Å². The van der Waals surface area contributed by atoms with Gasteiger partial charge < -0.3 is 10.4 Å². The van der Waals surface area contributed by atoms with Crippen LogP contribution in [0.3, 0.4) is 0 Å². The molecule has 1 aromatic rings. The maximum atomic E-state index is 9.32. The van der Waals surface area contributed by atoms with E-state index in [2.05, 4.69) is 37.2 Å². The van der Waals surface area contributed by atoms with E-state index in [1.807, 2.05) is 19.1 Å². The van der Waals surface area contributed by atoms with Gasteiger partial charge >= 0.3 is 0 Å². The number of hydrogen-bond acceptors (Lipinski definition) is 2. The predicted octanol–water partition coefficient (Wildman–Crippen LogP) is 3.53. The van der Waals surface area contributed by atoms with Crippen molar-refractivity contribution in [2.45, 2.75) is 13.0 Å². The van der Waals surface area contributed by atoms with Crippen molar-refractivity contribution in [1.82, 2.24) is 0 Å². The number of nitrogens with one attached hydrogen (secondary N) is 1. The number of aliphatic hydroxyl groups excluding tert-OH is 1. The molecule has 2 nitrogen and oxygen atoms in total. The number of halogens is 3. The van der Waals surface area contributed by atoms with Gasteiger partial charge in [-0.15, -0.1) is 11.6 Å². The van der Waals surface area contributed by atoms with Crippen molar-refractivity contribution < 1.29 is 5.11 Å². The molecule has 0 saturated heterocycles. The van der Waals surface area contributed by atoms with Gasteiger partial charge in [-0.1, -0.05) is 15.9 Å². The third-order valence-electron chi connectivity index (χ3n) is 2.03. The summed E-state index contributed by atoms with van der Waals surface area (Å²) in [6.45, 7) is 2.46. The van der Waals surface area contributed by atoms with Gasteiger partial charge in [0, 0.05) is 21.2 Å². The standard InChI is InChI=1S/C10H12Br2ClNO/c1-6-8(11)2-3-9(10(6)12)14-5-7(15)4-13/h2-3,7,14-15H,4-5H2,1H3. The fourth-order valence-corrected chi connectivity index (χ4v) is 2.27. The van der Waals surface area contributed by atoms with Crippen molar-refractivity contribution in [3.05, 3.63) is 26.6 Å². The van der Waals surface area contributed by atoms with Gasteiger partial charge in [-0.3, -0.25) is 0 Å². The minimum atomic E-state index is -0.525. The Morgan fingerprint density at radius 1 is 1.47 bits per heavy atom. The third-order valence-corrected chi connectivity index (χ3v) is 4.26. The highest BCUT2D eigenvalue weighted by molar-refractivity contribution is 9.11. The summed E-state index contributed by atoms with van der Waals surface area (Å²) in [7, 11) is 0. The molecule has 0 aromatic heterocycles. The van der Waals surface area contributed by atoms with Crippen molar-refractivity contribution in [2.24, 2.45) is 0 Å². The molecular formula is C10H12Br2ClNO. The fourth-order valence-electron chi connectivity index (χ4n) is 1.08. The summed E-state index contributed by atoms with van der Waals surface area (Å²) in [6.07, 6.45) is -0.525. The van der Waals surface area contributed by atoms with Gasteiger partial charge in [0.25, 0.3) is 0 Å². The molecule has 0 fully saturated rings. The Kier molecular flexibility index (Phi) is 5.39. The molecule has 0 bridgehead atoms. The number of aliphatic hydroxyl groups is 1. The van der Waals surface area contributed by atoms with Crippen LogP contribution >= 0.6 is 43.5 Å². The molecular weight excluding hydrogens is 345 g/mol. The lowest BCUT2D eigenvalue weighted by Gasteiger charge is -2.13. The lowest BCUT2D eigenvalue weighted by Crippen LogP contribution is -2.20. The van der Waals surface area contributed by atoms with Gasteiger partial charge in [-0.2, -0.15) is 0 Å². The van der Waals surface area contributed by atoms with E-state index in [0.29, 0.717) is 6.54 Å². The molecule has 0 amide bonds. The second-order valence-corrected chi connectivity index (χ2v) is 5.18. The topological polar surface area (TPSA) is 32.3 Å². The Bertz CT molecular complexity index is 346. The Balaban J connectivity index is 2.74. The highest BCUT2D eigenvalue weighted by Gasteiger charge is 2.07. The summed E-state index contributed by atoms with van der Waals surface area (Å²) in [4.78, 5) is 0. The zero-order valence-electron chi connectivity index (χ0n) is 8.23. The van der Waals surface area contributed by atoms with Crippen LogP contribution < -0.4 is 5.32 Å². The zero-order valence-corrected chi connectivity index (χ0v) is 12.2. The molecule has 0 heterocycles. The number of hydrogen-bond donors (Lipinski definition) is 2. The molecule has 2 N–H and O–H groups in total. The molecule has 0 saturated carbocycles. The average molecular weight is 357 g/mol. The van der Waals surface area contributed by atoms with E-state index in [0.717, 1.165) is 20.2 Å². The van der Waals surface area contributed by atoms with E-state index in [1.165, 1.54) is 0 Å². The molecule has 1 rings (SSSR count). The quantitative estimate of drug-likeness (QED) is 0.808. The normalized spacial score (nSPS) is 12.6. The molecule has 0 aliphatic rings. The average Bonchev–Trinajstić information content (AvgIpc) is 2.24. The smallest absolute Gasteiger partial charge is 0.0847 e. The van der Waals surface area contributed by atoms with Gasteiger partial charge in [0.2, 0.25) is 0 Å². The van der Waals surface area contributed by atoms with Crippen LogP contribution in [0, 0.1) is 6.92 Å². The number of alkyl halides is 1. The van der Waals surface area contributed by atoms with Crippen molar-refractivity contribution in [1.29, 1.82) is 0 Å². The van der Waals surface area contributed by atoms with Crippen molar-refractivity contribution in [3.63, 3.8) is 0 Å². The van der Waals surface area contributed by atoms with Crippen LogP contribution in [0.4, 0.5) is 5.69 Å². The first kappa shape index (κ1) is 13.3. The summed E-state index contributed by atoms with van der Waals surface area (Å²) in [5.74, 6) is 0.236. The first-order chi connectivity index (χ1) is 7.06. The first-order valence-electron chi connectivity index (χ1n) is 4.48. The Morgan fingerprint density at radius 2 is 2.13 bits per heavy atom. The SMILES string of the molecule is Cc1c(Br)ccc(NCC(O)CCl)c1Br. The van der Waals surface area contributed by atoms with E-state index < -0.39 is 6.10 Å². The third kappa shape index (κ3) is 3.63. The summed E-state index contributed by atoms with van der Waals surface area (Å²) < 4.78 is 2.05. The molecule has 0 aliphatic heterocycles.